The number of carbonyl (C=O) groups excluding carboxylic acids is 1. The average molecular weight is 468 g/mol. The molecule has 0 radical (unpaired) electrons. The molecule has 1 saturated heterocycles. The molecule has 2 heterocycles. The second kappa shape index (κ2) is 8.32. The number of ketones is 1. The van der Waals surface area contributed by atoms with Gasteiger partial charge in [0.25, 0.3) is 0 Å². The molecule has 1 aliphatic rings. The zero-order chi connectivity index (χ0) is 24.1. The number of furan rings is 1. The van der Waals surface area contributed by atoms with E-state index in [1.54, 1.807) is 54.6 Å². The van der Waals surface area contributed by atoms with Crippen LogP contribution in [-0.4, -0.2) is 47.1 Å². The van der Waals surface area contributed by atoms with E-state index in [9.17, 15) is 15.0 Å². The van der Waals surface area contributed by atoms with E-state index in [1.165, 1.54) is 0 Å². The molecule has 5 aromatic rings. The van der Waals surface area contributed by atoms with Crippen LogP contribution in [0.15, 0.2) is 71.1 Å². The predicted octanol–water partition coefficient (Wildman–Crippen LogP) is 5.85. The second-order valence-electron chi connectivity index (χ2n) is 9.28. The first-order valence-electron chi connectivity index (χ1n) is 11.8. The fourth-order valence-electron chi connectivity index (χ4n) is 4.99. The van der Waals surface area contributed by atoms with Crippen molar-refractivity contribution in [3.8, 4) is 17.2 Å². The first kappa shape index (κ1) is 21.5. The maximum absolute atomic E-state index is 13.6. The number of phenolic OH excluding ortho intramolecular Hbond substituents is 2. The van der Waals surface area contributed by atoms with Gasteiger partial charge in [0.2, 0.25) is 0 Å². The summed E-state index contributed by atoms with van der Waals surface area (Å²) in [5.41, 5.74) is 2.05. The van der Waals surface area contributed by atoms with E-state index in [-0.39, 0.29) is 23.4 Å². The first-order valence-corrected chi connectivity index (χ1v) is 11.8. The van der Waals surface area contributed by atoms with Crippen molar-refractivity contribution < 1.29 is 24.2 Å². The highest BCUT2D eigenvalue weighted by Crippen LogP contribution is 2.39. The van der Waals surface area contributed by atoms with E-state index in [2.05, 4.69) is 11.9 Å². The molecule has 0 spiro atoms. The molecule has 0 aliphatic carbocycles. The van der Waals surface area contributed by atoms with Gasteiger partial charge in [0.05, 0.1) is 0 Å². The molecule has 1 fully saturated rings. The number of likely N-dealkylation sites (tertiary alicyclic amines) is 1. The number of benzene rings is 4. The molecule has 0 bridgehead atoms. The van der Waals surface area contributed by atoms with Gasteiger partial charge in [-0.15, -0.1) is 0 Å². The van der Waals surface area contributed by atoms with Gasteiger partial charge < -0.3 is 24.3 Å². The number of rotatable bonds is 4. The minimum Gasteiger partial charge on any atom is -0.508 e. The molecule has 1 aliphatic heterocycles. The molecule has 2 N–H and O–H groups in total. The van der Waals surface area contributed by atoms with Crippen LogP contribution < -0.4 is 4.74 Å². The molecule has 6 nitrogen and oxygen atoms in total. The van der Waals surface area contributed by atoms with Crippen LogP contribution in [0.2, 0.25) is 0 Å². The summed E-state index contributed by atoms with van der Waals surface area (Å²) in [5.74, 6) is 0.776. The Hall–Kier alpha value is -4.03. The van der Waals surface area contributed by atoms with Gasteiger partial charge in [0.15, 0.2) is 5.78 Å². The van der Waals surface area contributed by atoms with E-state index in [1.807, 2.05) is 12.1 Å². The van der Waals surface area contributed by atoms with Crippen molar-refractivity contribution in [3.05, 3.63) is 77.9 Å². The predicted molar refractivity (Wildman–Crippen MR) is 136 cm³/mol. The van der Waals surface area contributed by atoms with E-state index in [0.717, 1.165) is 47.8 Å². The van der Waals surface area contributed by atoms with Crippen molar-refractivity contribution in [2.75, 3.05) is 20.1 Å². The summed E-state index contributed by atoms with van der Waals surface area (Å²) in [6.07, 6.45) is 2.17. The monoisotopic (exact) mass is 467 g/mol. The Kier molecular flexibility index (Phi) is 5.11. The molecule has 0 unspecified atom stereocenters. The third-order valence-electron chi connectivity index (χ3n) is 6.87. The SMILES string of the molecule is CN1CCC(Oc2ccc(C(=O)c3cc4oc5cc(O)ccc5c4c4ccc(O)cc34)cc2)CC1. The van der Waals surface area contributed by atoms with Crippen LogP contribution in [0.25, 0.3) is 32.7 Å². The Labute approximate surface area is 201 Å². The van der Waals surface area contributed by atoms with Gasteiger partial charge in [-0.05, 0) is 91.3 Å². The normalized spacial score (nSPS) is 15.2. The molecule has 0 atom stereocenters. The van der Waals surface area contributed by atoms with E-state index < -0.39 is 0 Å². The smallest absolute Gasteiger partial charge is 0.193 e. The van der Waals surface area contributed by atoms with Crippen molar-refractivity contribution in [2.45, 2.75) is 18.9 Å². The Morgan fingerprint density at radius 1 is 0.857 bits per heavy atom. The lowest BCUT2D eigenvalue weighted by molar-refractivity contribution is 0.103. The number of piperidine rings is 1. The number of hydrogen-bond acceptors (Lipinski definition) is 6. The third kappa shape index (κ3) is 3.86. The molecule has 176 valence electrons. The minimum absolute atomic E-state index is 0.0817. The van der Waals surface area contributed by atoms with Gasteiger partial charge in [0.1, 0.15) is 34.5 Å². The van der Waals surface area contributed by atoms with E-state index in [4.69, 9.17) is 9.15 Å². The minimum atomic E-state index is -0.170. The van der Waals surface area contributed by atoms with Crippen molar-refractivity contribution >= 4 is 38.5 Å². The molecule has 4 aromatic carbocycles. The zero-order valence-electron chi connectivity index (χ0n) is 19.3. The number of fused-ring (bicyclic) bond motifs is 5. The Morgan fingerprint density at radius 2 is 1.54 bits per heavy atom. The number of carbonyl (C=O) groups is 1. The molecule has 0 amide bonds. The molecule has 35 heavy (non-hydrogen) atoms. The fraction of sp³-hybridized carbons (Fsp3) is 0.207. The van der Waals surface area contributed by atoms with Crippen molar-refractivity contribution in [1.82, 2.24) is 4.90 Å². The molecule has 0 saturated carbocycles. The quantitative estimate of drug-likeness (QED) is 0.323. The summed E-state index contributed by atoms with van der Waals surface area (Å²) in [7, 11) is 2.12. The number of aromatic hydroxyl groups is 2. The standard InChI is InChI=1S/C29H25NO5/c1-30-12-10-21(11-13-30)34-20-6-2-17(3-7-20)29(33)25-16-27-28(22-8-4-18(31)14-24(22)25)23-9-5-19(32)15-26(23)35-27/h2-9,14-16,21,31-32H,10-13H2,1H3. The van der Waals surface area contributed by atoms with E-state index >= 15 is 0 Å². The topological polar surface area (TPSA) is 83.1 Å². The van der Waals surface area contributed by atoms with Gasteiger partial charge in [-0.1, -0.05) is 0 Å². The largest absolute Gasteiger partial charge is 0.508 e. The lowest BCUT2D eigenvalue weighted by Gasteiger charge is -2.29. The van der Waals surface area contributed by atoms with Gasteiger partial charge in [-0.3, -0.25) is 4.79 Å². The van der Waals surface area contributed by atoms with Crippen LogP contribution in [0, 0.1) is 0 Å². The summed E-state index contributed by atoms with van der Waals surface area (Å²) in [4.78, 5) is 15.9. The molecule has 6 rings (SSSR count). The third-order valence-corrected chi connectivity index (χ3v) is 6.87. The summed E-state index contributed by atoms with van der Waals surface area (Å²) in [6.45, 7) is 2.04. The highest BCUT2D eigenvalue weighted by atomic mass is 16.5. The highest BCUT2D eigenvalue weighted by Gasteiger charge is 2.21. The Balaban J connectivity index is 1.40. The Morgan fingerprint density at radius 3 is 2.29 bits per heavy atom. The number of ether oxygens (including phenoxy) is 1. The van der Waals surface area contributed by atoms with Crippen molar-refractivity contribution in [3.63, 3.8) is 0 Å². The maximum Gasteiger partial charge on any atom is 0.193 e. The molecule has 1 aromatic heterocycles. The Bertz CT molecular complexity index is 1580. The highest BCUT2D eigenvalue weighted by molar-refractivity contribution is 6.26. The molecular formula is C29H25NO5. The first-order chi connectivity index (χ1) is 17.0. The molecule has 6 heteroatoms. The van der Waals surface area contributed by atoms with Gasteiger partial charge >= 0.3 is 0 Å². The number of hydrogen-bond donors (Lipinski definition) is 2. The van der Waals surface area contributed by atoms with Gasteiger partial charge in [0, 0.05) is 41.1 Å². The summed E-state index contributed by atoms with van der Waals surface area (Å²) in [6, 6.07) is 18.9. The lowest BCUT2D eigenvalue weighted by Crippen LogP contribution is -2.35. The maximum atomic E-state index is 13.6. The van der Waals surface area contributed by atoms with E-state index in [0.29, 0.717) is 27.7 Å². The fourth-order valence-corrected chi connectivity index (χ4v) is 4.99. The summed E-state index contributed by atoms with van der Waals surface area (Å²) in [5, 5.41) is 23.2. The van der Waals surface area contributed by atoms with Crippen LogP contribution in [0.5, 0.6) is 17.2 Å². The zero-order valence-corrected chi connectivity index (χ0v) is 19.3. The van der Waals surface area contributed by atoms with Crippen LogP contribution in [0.1, 0.15) is 28.8 Å². The van der Waals surface area contributed by atoms with Crippen molar-refractivity contribution in [1.29, 1.82) is 0 Å². The average Bonchev–Trinajstić information content (AvgIpc) is 3.22. The number of phenols is 2. The second-order valence-corrected chi connectivity index (χ2v) is 9.28. The van der Waals surface area contributed by atoms with Gasteiger partial charge in [-0.2, -0.15) is 0 Å². The van der Waals surface area contributed by atoms with Crippen LogP contribution in [-0.2, 0) is 0 Å². The van der Waals surface area contributed by atoms with Crippen LogP contribution >= 0.6 is 0 Å². The van der Waals surface area contributed by atoms with Crippen LogP contribution in [0.4, 0.5) is 0 Å². The lowest BCUT2D eigenvalue weighted by atomic mass is 9.94. The van der Waals surface area contributed by atoms with Gasteiger partial charge in [-0.25, -0.2) is 0 Å². The number of nitrogens with zero attached hydrogens (tertiary/aromatic N) is 1. The summed E-state index contributed by atoms with van der Waals surface area (Å²) < 4.78 is 12.1. The van der Waals surface area contributed by atoms with Crippen LogP contribution in [0.3, 0.4) is 0 Å². The summed E-state index contributed by atoms with van der Waals surface area (Å²) >= 11 is 0. The molecular weight excluding hydrogens is 442 g/mol. The van der Waals surface area contributed by atoms with Crippen molar-refractivity contribution in [2.24, 2.45) is 0 Å².